The van der Waals surface area contributed by atoms with E-state index in [1.54, 1.807) is 7.05 Å². The first-order valence-electron chi connectivity index (χ1n) is 11.2. The summed E-state index contributed by atoms with van der Waals surface area (Å²) in [6, 6.07) is 8.66. The molecule has 160 valence electrons. The van der Waals surface area contributed by atoms with Gasteiger partial charge in [0.05, 0.1) is 5.92 Å². The Kier molecular flexibility index (Phi) is 8.13. The van der Waals surface area contributed by atoms with Crippen molar-refractivity contribution in [2.24, 2.45) is 5.92 Å². The van der Waals surface area contributed by atoms with Crippen LogP contribution in [0.5, 0.6) is 0 Å². The Morgan fingerprint density at radius 1 is 1.14 bits per heavy atom. The molecule has 2 saturated heterocycles. The second kappa shape index (κ2) is 10.8. The van der Waals surface area contributed by atoms with Crippen LogP contribution in [0.25, 0.3) is 0 Å². The van der Waals surface area contributed by atoms with Crippen molar-refractivity contribution in [3.63, 3.8) is 0 Å². The van der Waals surface area contributed by atoms with Gasteiger partial charge >= 0.3 is 0 Å². The molecule has 0 aromatic heterocycles. The SMILES string of the molecule is C=CCCC(C(=O)NC)c1ccc(N2CCC(CN3CCN(C)CC3)CC2)cc1. The molecule has 1 aromatic rings. The molecule has 5 nitrogen and oxygen atoms in total. The minimum atomic E-state index is -0.0959. The Balaban J connectivity index is 1.51. The lowest BCUT2D eigenvalue weighted by molar-refractivity contribution is -0.122. The van der Waals surface area contributed by atoms with E-state index < -0.39 is 0 Å². The van der Waals surface area contributed by atoms with Crippen molar-refractivity contribution in [1.29, 1.82) is 0 Å². The molecule has 2 heterocycles. The van der Waals surface area contributed by atoms with E-state index in [4.69, 9.17) is 0 Å². The zero-order chi connectivity index (χ0) is 20.6. The number of carbonyl (C=O) groups is 1. The molecule has 1 aromatic carbocycles. The average molecular weight is 399 g/mol. The van der Waals surface area contributed by atoms with Gasteiger partial charge in [0.15, 0.2) is 0 Å². The number of piperidine rings is 1. The first-order chi connectivity index (χ1) is 14.1. The molecular weight excluding hydrogens is 360 g/mol. The summed E-state index contributed by atoms with van der Waals surface area (Å²) in [5.74, 6) is 0.816. The third-order valence-electron chi connectivity index (χ3n) is 6.61. The molecule has 5 heteroatoms. The largest absolute Gasteiger partial charge is 0.372 e. The van der Waals surface area contributed by atoms with Crippen molar-refractivity contribution in [2.75, 3.05) is 64.8 Å². The number of nitrogens with zero attached hydrogens (tertiary/aromatic N) is 3. The van der Waals surface area contributed by atoms with Gasteiger partial charge < -0.3 is 20.0 Å². The minimum absolute atomic E-state index is 0.0873. The van der Waals surface area contributed by atoms with Crippen LogP contribution in [0.4, 0.5) is 5.69 Å². The third-order valence-corrected chi connectivity index (χ3v) is 6.61. The number of amides is 1. The third kappa shape index (κ3) is 6.06. The Hall–Kier alpha value is -1.85. The fourth-order valence-electron chi connectivity index (χ4n) is 4.59. The summed E-state index contributed by atoms with van der Waals surface area (Å²) in [5, 5.41) is 2.80. The van der Waals surface area contributed by atoms with Crippen LogP contribution in [-0.4, -0.2) is 75.6 Å². The van der Waals surface area contributed by atoms with Gasteiger partial charge in [0.25, 0.3) is 0 Å². The number of rotatable bonds is 8. The van der Waals surface area contributed by atoms with Crippen LogP contribution in [0.2, 0.25) is 0 Å². The second-order valence-electron chi connectivity index (χ2n) is 8.66. The van der Waals surface area contributed by atoms with Crippen molar-refractivity contribution in [3.05, 3.63) is 42.5 Å². The first kappa shape index (κ1) is 21.8. The van der Waals surface area contributed by atoms with Gasteiger partial charge in [-0.2, -0.15) is 0 Å². The first-order valence-corrected chi connectivity index (χ1v) is 11.2. The Labute approximate surface area is 176 Å². The van der Waals surface area contributed by atoms with Gasteiger partial charge in [-0.05, 0) is 56.3 Å². The molecular formula is C24H38N4O. The van der Waals surface area contributed by atoms with Crippen molar-refractivity contribution in [2.45, 2.75) is 31.6 Å². The maximum Gasteiger partial charge on any atom is 0.227 e. The molecule has 2 fully saturated rings. The van der Waals surface area contributed by atoms with E-state index in [0.29, 0.717) is 0 Å². The summed E-state index contributed by atoms with van der Waals surface area (Å²) < 4.78 is 0. The van der Waals surface area contributed by atoms with Gasteiger partial charge in [0, 0.05) is 58.5 Å². The maximum absolute atomic E-state index is 12.3. The monoisotopic (exact) mass is 398 g/mol. The van der Waals surface area contributed by atoms with Crippen LogP contribution in [0.15, 0.2) is 36.9 Å². The van der Waals surface area contributed by atoms with Gasteiger partial charge in [0.2, 0.25) is 5.91 Å². The highest BCUT2D eigenvalue weighted by Gasteiger charge is 2.24. The van der Waals surface area contributed by atoms with Crippen molar-refractivity contribution >= 4 is 11.6 Å². The van der Waals surface area contributed by atoms with Gasteiger partial charge in [-0.1, -0.05) is 18.2 Å². The average Bonchev–Trinajstić information content (AvgIpc) is 2.76. The van der Waals surface area contributed by atoms with Crippen LogP contribution in [0.3, 0.4) is 0 Å². The van der Waals surface area contributed by atoms with E-state index in [2.05, 4.69) is 57.9 Å². The van der Waals surface area contributed by atoms with Crippen molar-refractivity contribution in [1.82, 2.24) is 15.1 Å². The van der Waals surface area contributed by atoms with Crippen LogP contribution in [0, 0.1) is 5.92 Å². The number of likely N-dealkylation sites (N-methyl/N-ethyl adjacent to an activating group) is 2. The summed E-state index contributed by atoms with van der Waals surface area (Å²) in [6.07, 6.45) is 6.08. The zero-order valence-corrected chi connectivity index (χ0v) is 18.3. The van der Waals surface area contributed by atoms with Gasteiger partial charge in [-0.15, -0.1) is 6.58 Å². The van der Waals surface area contributed by atoms with Crippen molar-refractivity contribution < 1.29 is 4.79 Å². The molecule has 0 saturated carbocycles. The highest BCUT2D eigenvalue weighted by molar-refractivity contribution is 5.83. The van der Waals surface area contributed by atoms with Crippen LogP contribution in [0.1, 0.15) is 37.2 Å². The number of allylic oxidation sites excluding steroid dienone is 1. The lowest BCUT2D eigenvalue weighted by Crippen LogP contribution is -2.47. The smallest absolute Gasteiger partial charge is 0.227 e. The lowest BCUT2D eigenvalue weighted by Gasteiger charge is -2.38. The molecule has 0 aliphatic carbocycles. The highest BCUT2D eigenvalue weighted by atomic mass is 16.1. The molecule has 1 amide bonds. The molecule has 1 unspecified atom stereocenters. The molecule has 0 radical (unpaired) electrons. The number of carbonyl (C=O) groups excluding carboxylic acids is 1. The molecule has 1 atom stereocenters. The molecule has 2 aliphatic heterocycles. The number of nitrogens with one attached hydrogen (secondary N) is 1. The van der Waals surface area contributed by atoms with E-state index in [1.807, 2.05) is 6.08 Å². The number of piperazine rings is 1. The molecule has 2 aliphatic rings. The Bertz CT molecular complexity index is 643. The van der Waals surface area contributed by atoms with Gasteiger partial charge in [0.1, 0.15) is 0 Å². The van der Waals surface area contributed by atoms with E-state index >= 15 is 0 Å². The topological polar surface area (TPSA) is 38.8 Å². The van der Waals surface area contributed by atoms with E-state index in [1.165, 1.54) is 51.3 Å². The summed E-state index contributed by atoms with van der Waals surface area (Å²) in [5.41, 5.74) is 2.38. The Morgan fingerprint density at radius 2 is 1.79 bits per heavy atom. The predicted molar refractivity (Wildman–Crippen MR) is 122 cm³/mol. The molecule has 0 bridgehead atoms. The van der Waals surface area contributed by atoms with Gasteiger partial charge in [-0.25, -0.2) is 0 Å². The van der Waals surface area contributed by atoms with Crippen LogP contribution < -0.4 is 10.2 Å². The molecule has 1 N–H and O–H groups in total. The minimum Gasteiger partial charge on any atom is -0.372 e. The van der Waals surface area contributed by atoms with Crippen LogP contribution in [-0.2, 0) is 4.79 Å². The normalized spacial score (nSPS) is 20.4. The number of benzene rings is 1. The molecule has 3 rings (SSSR count). The molecule has 0 spiro atoms. The summed E-state index contributed by atoms with van der Waals surface area (Å²) in [4.78, 5) is 19.8. The van der Waals surface area contributed by atoms with E-state index in [0.717, 1.165) is 37.4 Å². The summed E-state index contributed by atoms with van der Waals surface area (Å²) in [6.45, 7) is 12.2. The number of hydrogen-bond donors (Lipinski definition) is 1. The Morgan fingerprint density at radius 3 is 2.38 bits per heavy atom. The zero-order valence-electron chi connectivity index (χ0n) is 18.3. The standard InChI is InChI=1S/C24H38N4O/c1-4-5-6-23(24(29)25-2)21-7-9-22(10-8-21)28-13-11-20(12-14-28)19-27-17-15-26(3)16-18-27/h4,7-10,20,23H,1,5-6,11-19H2,2-3H3,(H,25,29). The lowest BCUT2D eigenvalue weighted by atomic mass is 9.92. The summed E-state index contributed by atoms with van der Waals surface area (Å²) in [7, 11) is 3.93. The van der Waals surface area contributed by atoms with Gasteiger partial charge in [-0.3, -0.25) is 4.79 Å². The number of hydrogen-bond acceptors (Lipinski definition) is 4. The number of anilines is 1. The maximum atomic E-state index is 12.3. The molecule has 29 heavy (non-hydrogen) atoms. The fraction of sp³-hybridized carbons (Fsp3) is 0.625. The summed E-state index contributed by atoms with van der Waals surface area (Å²) >= 11 is 0. The highest BCUT2D eigenvalue weighted by Crippen LogP contribution is 2.28. The fourth-order valence-corrected chi connectivity index (χ4v) is 4.59. The van der Waals surface area contributed by atoms with E-state index in [-0.39, 0.29) is 11.8 Å². The van der Waals surface area contributed by atoms with E-state index in [9.17, 15) is 4.79 Å². The van der Waals surface area contributed by atoms with Crippen LogP contribution >= 0.6 is 0 Å². The quantitative estimate of drug-likeness (QED) is 0.684. The van der Waals surface area contributed by atoms with Crippen molar-refractivity contribution in [3.8, 4) is 0 Å². The second-order valence-corrected chi connectivity index (χ2v) is 8.66. The predicted octanol–water partition coefficient (Wildman–Crippen LogP) is 2.95.